The lowest BCUT2D eigenvalue weighted by Gasteiger charge is -2.36. The fourth-order valence-electron chi connectivity index (χ4n) is 3.82. The molecule has 2 aromatic carbocycles. The van der Waals surface area contributed by atoms with Crippen LogP contribution in [0.3, 0.4) is 0 Å². The molecule has 1 aliphatic carbocycles. The maximum Gasteiger partial charge on any atom is 0.172 e. The molecule has 0 saturated carbocycles. The van der Waals surface area contributed by atoms with Crippen LogP contribution in [-0.2, 0) is 13.0 Å². The molecule has 4 nitrogen and oxygen atoms in total. The van der Waals surface area contributed by atoms with Crippen molar-refractivity contribution in [2.45, 2.75) is 25.8 Å². The Morgan fingerprint density at radius 2 is 1.86 bits per heavy atom. The fraction of sp³-hybridized carbons (Fsp3) is 0.294. The maximum atomic E-state index is 10.3. The Kier molecular flexibility index (Phi) is 2.93. The van der Waals surface area contributed by atoms with Gasteiger partial charge in [-0.3, -0.25) is 0 Å². The van der Waals surface area contributed by atoms with Crippen LogP contribution in [0, 0.1) is 6.92 Å². The first-order valence-electron chi connectivity index (χ1n) is 7.27. The third-order valence-electron chi connectivity index (χ3n) is 4.88. The molecule has 0 amide bonds. The third kappa shape index (κ3) is 1.72. The van der Waals surface area contributed by atoms with Gasteiger partial charge in [0, 0.05) is 36.6 Å². The molecule has 5 heteroatoms. The molecule has 0 fully saturated rings. The zero-order chi connectivity index (χ0) is 15.6. The fourth-order valence-corrected chi connectivity index (χ4v) is 4.25. The normalized spacial score (nSPS) is 18.7. The highest BCUT2D eigenvalue weighted by Crippen LogP contribution is 2.50. The van der Waals surface area contributed by atoms with E-state index in [9.17, 15) is 15.3 Å². The van der Waals surface area contributed by atoms with E-state index in [1.165, 1.54) is 5.56 Å². The van der Waals surface area contributed by atoms with E-state index in [-0.39, 0.29) is 17.4 Å². The van der Waals surface area contributed by atoms with Gasteiger partial charge in [0.25, 0.3) is 0 Å². The second-order valence-electron chi connectivity index (χ2n) is 6.07. The van der Waals surface area contributed by atoms with E-state index in [1.54, 1.807) is 6.07 Å². The highest BCUT2D eigenvalue weighted by Gasteiger charge is 2.35. The number of halogens is 1. The second kappa shape index (κ2) is 4.64. The summed E-state index contributed by atoms with van der Waals surface area (Å²) in [6, 6.07) is 3.67. The number of phenols is 3. The van der Waals surface area contributed by atoms with Crippen LogP contribution in [0.1, 0.15) is 39.3 Å². The van der Waals surface area contributed by atoms with Crippen LogP contribution in [0.25, 0.3) is 0 Å². The molecule has 0 radical (unpaired) electrons. The summed E-state index contributed by atoms with van der Waals surface area (Å²) in [6.45, 7) is 3.40. The van der Waals surface area contributed by atoms with Crippen molar-refractivity contribution in [1.29, 1.82) is 0 Å². The Morgan fingerprint density at radius 1 is 1.09 bits per heavy atom. The van der Waals surface area contributed by atoms with Crippen molar-refractivity contribution in [2.24, 2.45) is 0 Å². The van der Waals surface area contributed by atoms with Crippen molar-refractivity contribution in [3.8, 4) is 17.2 Å². The highest BCUT2D eigenvalue weighted by molar-refractivity contribution is 9.10. The number of aryl methyl sites for hydroxylation is 1. The molecule has 22 heavy (non-hydrogen) atoms. The van der Waals surface area contributed by atoms with Gasteiger partial charge in [-0.05, 0) is 57.2 Å². The molecule has 2 aromatic rings. The van der Waals surface area contributed by atoms with Crippen LogP contribution in [0.2, 0.25) is 0 Å². The Morgan fingerprint density at radius 3 is 2.64 bits per heavy atom. The van der Waals surface area contributed by atoms with E-state index >= 15 is 0 Å². The smallest absolute Gasteiger partial charge is 0.172 e. The molecule has 1 aliphatic heterocycles. The first-order valence-corrected chi connectivity index (χ1v) is 8.06. The summed E-state index contributed by atoms with van der Waals surface area (Å²) in [5.74, 6) is 0.257. The average molecular weight is 362 g/mol. The van der Waals surface area contributed by atoms with Crippen molar-refractivity contribution < 1.29 is 15.3 Å². The number of nitrogens with one attached hydrogen (secondary N) is 1. The molecule has 4 N–H and O–H groups in total. The summed E-state index contributed by atoms with van der Waals surface area (Å²) < 4.78 is 0.496. The summed E-state index contributed by atoms with van der Waals surface area (Å²) in [6.07, 6.45) is 0.576. The van der Waals surface area contributed by atoms with E-state index in [1.807, 2.05) is 13.0 Å². The minimum atomic E-state index is -0.109. The van der Waals surface area contributed by atoms with Crippen LogP contribution in [0.4, 0.5) is 0 Å². The Labute approximate surface area is 136 Å². The molecule has 1 heterocycles. The molecule has 2 aliphatic rings. The topological polar surface area (TPSA) is 72.7 Å². The number of hydrogen-bond acceptors (Lipinski definition) is 4. The predicted molar refractivity (Wildman–Crippen MR) is 86.7 cm³/mol. The molecule has 4 rings (SSSR count). The summed E-state index contributed by atoms with van der Waals surface area (Å²) >= 11 is 3.31. The lowest BCUT2D eigenvalue weighted by molar-refractivity contribution is 0.395. The summed E-state index contributed by atoms with van der Waals surface area (Å²) in [5.41, 5.74) is 6.10. The lowest BCUT2D eigenvalue weighted by atomic mass is 9.72. The Balaban J connectivity index is 2.04. The molecule has 1 unspecified atom stereocenters. The number of phenolic OH excluding ortho intramolecular Hbond substituents is 3. The van der Waals surface area contributed by atoms with Gasteiger partial charge in [-0.2, -0.15) is 0 Å². The van der Waals surface area contributed by atoms with Gasteiger partial charge < -0.3 is 20.6 Å². The van der Waals surface area contributed by atoms with Gasteiger partial charge in [0.05, 0.1) is 4.47 Å². The minimum absolute atomic E-state index is 0.0466. The van der Waals surface area contributed by atoms with Gasteiger partial charge >= 0.3 is 0 Å². The van der Waals surface area contributed by atoms with Gasteiger partial charge in [0.15, 0.2) is 11.5 Å². The van der Waals surface area contributed by atoms with Crippen molar-refractivity contribution >= 4 is 15.9 Å². The Hall–Kier alpha value is -1.72. The second-order valence-corrected chi connectivity index (χ2v) is 6.92. The maximum absolute atomic E-state index is 10.3. The van der Waals surface area contributed by atoms with Gasteiger partial charge in [0.1, 0.15) is 5.75 Å². The van der Waals surface area contributed by atoms with Crippen LogP contribution < -0.4 is 5.32 Å². The molecule has 0 bridgehead atoms. The quantitative estimate of drug-likeness (QED) is 0.544. The molecule has 0 spiro atoms. The van der Waals surface area contributed by atoms with Gasteiger partial charge in [0.2, 0.25) is 0 Å². The van der Waals surface area contributed by atoms with Crippen LogP contribution in [0.5, 0.6) is 17.2 Å². The predicted octanol–water partition coefficient (Wildman–Crippen LogP) is 3.01. The highest BCUT2D eigenvalue weighted by atomic mass is 79.9. The van der Waals surface area contributed by atoms with Gasteiger partial charge in [-0.25, -0.2) is 0 Å². The zero-order valence-corrected chi connectivity index (χ0v) is 13.7. The third-order valence-corrected chi connectivity index (χ3v) is 5.49. The number of rotatable bonds is 0. The van der Waals surface area contributed by atoms with Gasteiger partial charge in [-0.15, -0.1) is 0 Å². The molecule has 114 valence electrons. The standard InChI is InChI=1S/C17H16BrNO3/c1-7-2-14(20)12-6-19-5-11-9-4-13(18)17(22)16(21)10(9)3-8(7)15(11)12/h2,4,11,19-22H,3,5-6H2,1H3. The van der Waals surface area contributed by atoms with Crippen molar-refractivity contribution in [1.82, 2.24) is 5.32 Å². The molecule has 0 aromatic heterocycles. The molecular formula is C17H16BrNO3. The minimum Gasteiger partial charge on any atom is -0.508 e. The van der Waals surface area contributed by atoms with E-state index < -0.39 is 0 Å². The van der Waals surface area contributed by atoms with Crippen LogP contribution in [-0.4, -0.2) is 21.9 Å². The number of benzene rings is 2. The molecular weight excluding hydrogens is 346 g/mol. The molecule has 1 atom stereocenters. The van der Waals surface area contributed by atoms with Crippen molar-refractivity contribution in [2.75, 3.05) is 6.54 Å². The number of aromatic hydroxyl groups is 3. The van der Waals surface area contributed by atoms with Gasteiger partial charge in [-0.1, -0.05) is 0 Å². The van der Waals surface area contributed by atoms with Crippen LogP contribution in [0.15, 0.2) is 16.6 Å². The summed E-state index contributed by atoms with van der Waals surface area (Å²) in [7, 11) is 0. The monoisotopic (exact) mass is 361 g/mol. The zero-order valence-electron chi connectivity index (χ0n) is 12.1. The molecule has 0 saturated heterocycles. The number of fused-ring (bicyclic) bond motifs is 2. The summed E-state index contributed by atoms with van der Waals surface area (Å²) in [4.78, 5) is 0. The van der Waals surface area contributed by atoms with Crippen LogP contribution >= 0.6 is 15.9 Å². The first-order chi connectivity index (χ1) is 10.5. The average Bonchev–Trinajstić information content (AvgIpc) is 2.50. The van der Waals surface area contributed by atoms with E-state index in [0.29, 0.717) is 23.2 Å². The SMILES string of the molecule is Cc1cc(O)c2c3c1Cc1c(cc(Br)c(O)c1O)C3CNC2. The van der Waals surface area contributed by atoms with Crippen molar-refractivity contribution in [3.63, 3.8) is 0 Å². The van der Waals surface area contributed by atoms with Crippen molar-refractivity contribution in [3.05, 3.63) is 50.0 Å². The van der Waals surface area contributed by atoms with E-state index in [4.69, 9.17) is 0 Å². The van der Waals surface area contributed by atoms with E-state index in [0.717, 1.165) is 34.4 Å². The Bertz CT molecular complexity index is 817. The number of hydrogen-bond donors (Lipinski definition) is 4. The summed E-state index contributed by atoms with van der Waals surface area (Å²) in [5, 5.41) is 33.9. The first kappa shape index (κ1) is 13.9. The largest absolute Gasteiger partial charge is 0.508 e. The van der Waals surface area contributed by atoms with E-state index in [2.05, 4.69) is 21.2 Å². The lowest BCUT2D eigenvalue weighted by Crippen LogP contribution is -2.33.